The molecule has 5 rings (SSSR count). The van der Waals surface area contributed by atoms with Crippen LogP contribution in [-0.4, -0.2) is 51.0 Å². The second kappa shape index (κ2) is 11.6. The van der Waals surface area contributed by atoms with Crippen molar-refractivity contribution in [1.82, 2.24) is 19.7 Å². The summed E-state index contributed by atoms with van der Waals surface area (Å²) in [7, 11) is 0. The summed E-state index contributed by atoms with van der Waals surface area (Å²) in [4.78, 5) is 31.7. The average Bonchev–Trinajstić information content (AvgIpc) is 3.64. The van der Waals surface area contributed by atoms with Gasteiger partial charge in [-0.3, -0.25) is 9.59 Å². The van der Waals surface area contributed by atoms with Gasteiger partial charge in [0.2, 0.25) is 0 Å². The van der Waals surface area contributed by atoms with Gasteiger partial charge in [-0.1, -0.05) is 19.9 Å². The molecule has 212 valence electrons. The van der Waals surface area contributed by atoms with Gasteiger partial charge in [-0.25, -0.2) is 13.5 Å². The summed E-state index contributed by atoms with van der Waals surface area (Å²) in [6.45, 7) is 10.8. The smallest absolute Gasteiger partial charge is 0.256 e. The molecule has 0 fully saturated rings. The molecular weight excluding hydrogens is 524 g/mol. The standard InChI is InChI=1S/C32H33F2N5O2/c1-5-38(6-2)13-7-8-30(40)31-19(3)29(36-20(31)4)16-25-24-14-21(9-12-28(24)37-32(25)41)22-17-35-39(18-22)23-10-11-26(33)27(34)15-23/h9-12,14-18,36H,5-8,13H2,1-4H3,(H,37,41)/b25-16-. The molecule has 0 saturated heterocycles. The maximum Gasteiger partial charge on any atom is 0.256 e. The zero-order chi connectivity index (χ0) is 29.3. The average molecular weight is 558 g/mol. The lowest BCUT2D eigenvalue weighted by Gasteiger charge is -2.17. The number of carbonyl (C=O) groups excluding carboxylic acids is 2. The van der Waals surface area contributed by atoms with Crippen LogP contribution >= 0.6 is 0 Å². The molecular formula is C32H33F2N5O2. The molecule has 4 aromatic rings. The number of Topliss-reactive ketones (excluding diaryl/α,β-unsaturated/α-hetero) is 1. The van der Waals surface area contributed by atoms with Crippen molar-refractivity contribution < 1.29 is 18.4 Å². The van der Waals surface area contributed by atoms with Gasteiger partial charge in [-0.2, -0.15) is 5.10 Å². The SMILES string of the molecule is CCN(CC)CCCC(=O)c1c(C)[nH]c(/C=C2\C(=O)Nc3ccc(-c4cnn(-c5ccc(F)c(F)c5)c4)cc32)c1C. The van der Waals surface area contributed by atoms with Crippen molar-refractivity contribution >= 4 is 29.0 Å². The van der Waals surface area contributed by atoms with Crippen LogP contribution in [0.4, 0.5) is 14.5 Å². The third-order valence-corrected chi connectivity index (χ3v) is 7.70. The Hall–Kier alpha value is -4.37. The molecule has 0 atom stereocenters. The molecule has 9 heteroatoms. The maximum absolute atomic E-state index is 13.7. The van der Waals surface area contributed by atoms with Gasteiger partial charge in [-0.15, -0.1) is 0 Å². The van der Waals surface area contributed by atoms with Crippen molar-refractivity contribution in [3.05, 3.63) is 88.5 Å². The molecule has 41 heavy (non-hydrogen) atoms. The van der Waals surface area contributed by atoms with Crippen LogP contribution in [-0.2, 0) is 4.79 Å². The van der Waals surface area contributed by atoms with Gasteiger partial charge < -0.3 is 15.2 Å². The van der Waals surface area contributed by atoms with E-state index in [0.29, 0.717) is 28.9 Å². The highest BCUT2D eigenvalue weighted by molar-refractivity contribution is 6.35. The molecule has 1 aliphatic heterocycles. The van der Waals surface area contributed by atoms with Gasteiger partial charge in [0.05, 0.1) is 17.5 Å². The summed E-state index contributed by atoms with van der Waals surface area (Å²) >= 11 is 0. The number of anilines is 1. The van der Waals surface area contributed by atoms with Crippen LogP contribution in [0.3, 0.4) is 0 Å². The number of hydrogen-bond acceptors (Lipinski definition) is 4. The summed E-state index contributed by atoms with van der Waals surface area (Å²) in [5.74, 6) is -2.00. The number of ketones is 1. The molecule has 0 radical (unpaired) electrons. The number of halogens is 2. The molecule has 0 bridgehead atoms. The van der Waals surface area contributed by atoms with E-state index in [4.69, 9.17) is 0 Å². The highest BCUT2D eigenvalue weighted by atomic mass is 19.2. The minimum absolute atomic E-state index is 0.102. The van der Waals surface area contributed by atoms with Gasteiger partial charge in [0.1, 0.15) is 0 Å². The molecule has 2 aromatic heterocycles. The molecule has 7 nitrogen and oxygen atoms in total. The number of aromatic amines is 1. The Balaban J connectivity index is 1.41. The molecule has 0 spiro atoms. The second-order valence-corrected chi connectivity index (χ2v) is 10.3. The van der Waals surface area contributed by atoms with Crippen LogP contribution in [0.25, 0.3) is 28.5 Å². The van der Waals surface area contributed by atoms with Crippen molar-refractivity contribution in [2.75, 3.05) is 25.0 Å². The Kier molecular flexibility index (Phi) is 7.99. The number of aryl methyl sites for hydroxylation is 1. The van der Waals surface area contributed by atoms with Crippen LogP contribution < -0.4 is 5.32 Å². The van der Waals surface area contributed by atoms with Crippen molar-refractivity contribution in [2.24, 2.45) is 0 Å². The van der Waals surface area contributed by atoms with E-state index in [2.05, 4.69) is 34.1 Å². The molecule has 3 heterocycles. The highest BCUT2D eigenvalue weighted by Gasteiger charge is 2.26. The van der Waals surface area contributed by atoms with Crippen LogP contribution in [0.2, 0.25) is 0 Å². The number of hydrogen-bond donors (Lipinski definition) is 2. The fourth-order valence-electron chi connectivity index (χ4n) is 5.36. The van der Waals surface area contributed by atoms with Gasteiger partial charge in [0.25, 0.3) is 5.91 Å². The number of nitrogens with one attached hydrogen (secondary N) is 2. The minimum Gasteiger partial charge on any atom is -0.358 e. The van der Waals surface area contributed by atoms with Crippen LogP contribution in [0.1, 0.15) is 59.6 Å². The number of fused-ring (bicyclic) bond motifs is 1. The van der Waals surface area contributed by atoms with E-state index in [1.54, 1.807) is 18.5 Å². The Morgan fingerprint density at radius 3 is 2.56 bits per heavy atom. The zero-order valence-corrected chi connectivity index (χ0v) is 23.6. The summed E-state index contributed by atoms with van der Waals surface area (Å²) in [5.41, 5.74) is 6.89. The summed E-state index contributed by atoms with van der Waals surface area (Å²) in [6, 6.07) is 9.19. The van der Waals surface area contributed by atoms with Crippen molar-refractivity contribution in [2.45, 2.75) is 40.5 Å². The van der Waals surface area contributed by atoms with E-state index >= 15 is 0 Å². The number of amides is 1. The molecule has 1 amide bonds. The van der Waals surface area contributed by atoms with Gasteiger partial charge in [0.15, 0.2) is 17.4 Å². The lowest BCUT2D eigenvalue weighted by atomic mass is 9.98. The van der Waals surface area contributed by atoms with E-state index in [1.807, 2.05) is 32.0 Å². The van der Waals surface area contributed by atoms with E-state index < -0.39 is 11.6 Å². The van der Waals surface area contributed by atoms with Gasteiger partial charge in [0, 0.05) is 52.4 Å². The molecule has 0 saturated carbocycles. The fourth-order valence-corrected chi connectivity index (χ4v) is 5.36. The minimum atomic E-state index is -0.948. The number of nitrogens with zero attached hydrogens (tertiary/aromatic N) is 3. The summed E-state index contributed by atoms with van der Waals surface area (Å²) in [6.07, 6.45) is 6.42. The predicted molar refractivity (Wildman–Crippen MR) is 157 cm³/mol. The third kappa shape index (κ3) is 5.63. The molecule has 2 aromatic carbocycles. The Bertz CT molecular complexity index is 1660. The van der Waals surface area contributed by atoms with Crippen LogP contribution in [0.15, 0.2) is 48.8 Å². The third-order valence-electron chi connectivity index (χ3n) is 7.70. The largest absolute Gasteiger partial charge is 0.358 e. The fraction of sp³-hybridized carbons (Fsp3) is 0.281. The van der Waals surface area contributed by atoms with Gasteiger partial charge >= 0.3 is 0 Å². The Morgan fingerprint density at radius 2 is 1.83 bits per heavy atom. The monoisotopic (exact) mass is 557 g/mol. The maximum atomic E-state index is 13.7. The highest BCUT2D eigenvalue weighted by Crippen LogP contribution is 2.37. The van der Waals surface area contributed by atoms with E-state index in [1.165, 1.54) is 10.7 Å². The second-order valence-electron chi connectivity index (χ2n) is 10.3. The number of carbonyl (C=O) groups is 2. The molecule has 2 N–H and O–H groups in total. The first-order valence-corrected chi connectivity index (χ1v) is 13.8. The first-order valence-electron chi connectivity index (χ1n) is 13.8. The van der Waals surface area contributed by atoms with Gasteiger partial charge in [-0.05, 0) is 81.4 Å². The molecule has 0 unspecified atom stereocenters. The number of rotatable bonds is 10. The quantitative estimate of drug-likeness (QED) is 0.171. The first-order chi connectivity index (χ1) is 19.7. The number of aromatic nitrogens is 3. The molecule has 1 aliphatic rings. The van der Waals surface area contributed by atoms with Crippen LogP contribution in [0, 0.1) is 25.5 Å². The predicted octanol–water partition coefficient (Wildman–Crippen LogP) is 6.56. The van der Waals surface area contributed by atoms with E-state index in [9.17, 15) is 18.4 Å². The summed E-state index contributed by atoms with van der Waals surface area (Å²) in [5, 5.41) is 7.21. The zero-order valence-electron chi connectivity index (χ0n) is 23.6. The Labute approximate surface area is 237 Å². The van der Waals surface area contributed by atoms with E-state index in [0.717, 1.165) is 71.8 Å². The molecule has 0 aliphatic carbocycles. The van der Waals surface area contributed by atoms with Crippen LogP contribution in [0.5, 0.6) is 0 Å². The topological polar surface area (TPSA) is 83.0 Å². The lowest BCUT2D eigenvalue weighted by molar-refractivity contribution is -0.110. The number of H-pyrrole nitrogens is 1. The van der Waals surface area contributed by atoms with E-state index in [-0.39, 0.29) is 11.7 Å². The number of benzene rings is 2. The normalized spacial score (nSPS) is 13.7. The summed E-state index contributed by atoms with van der Waals surface area (Å²) < 4.78 is 28.6. The van der Waals surface area contributed by atoms with Crippen molar-refractivity contribution in [3.63, 3.8) is 0 Å². The first kappa shape index (κ1) is 28.2. The lowest BCUT2D eigenvalue weighted by Crippen LogP contribution is -2.24. The Morgan fingerprint density at radius 1 is 1.05 bits per heavy atom. The van der Waals surface area contributed by atoms with Crippen molar-refractivity contribution in [1.29, 1.82) is 0 Å². The van der Waals surface area contributed by atoms with Crippen molar-refractivity contribution in [3.8, 4) is 16.8 Å².